The van der Waals surface area contributed by atoms with E-state index in [0.717, 1.165) is 64.2 Å². The molecule has 2 atom stereocenters. The van der Waals surface area contributed by atoms with Gasteiger partial charge in [0, 0.05) is 19.4 Å². The standard InChI is InChI=1S/C41H76NO8P/c1-3-5-7-9-11-13-15-17-19-21-23-25-27-29-31-33-40(43)47-37-39(38-49-51(45,46)48-36-35-42)50-41(44)34-32-30-28-26-24-22-20-18-16-14-12-10-8-6-4-2/h3,12,14,18,20,39H,1,4-11,13,15-17,19,21-38,42H2,2H3,(H,45,46)/b14-12+,20-18+/t39-/m1/s1. The summed E-state index contributed by atoms with van der Waals surface area (Å²) >= 11 is 0. The van der Waals surface area contributed by atoms with E-state index < -0.39 is 26.5 Å². The van der Waals surface area contributed by atoms with Crippen molar-refractivity contribution in [3.05, 3.63) is 37.0 Å². The molecule has 0 spiro atoms. The van der Waals surface area contributed by atoms with Gasteiger partial charge in [0.15, 0.2) is 6.10 Å². The number of hydrogen-bond acceptors (Lipinski definition) is 8. The van der Waals surface area contributed by atoms with Gasteiger partial charge in [0.25, 0.3) is 0 Å². The van der Waals surface area contributed by atoms with Crippen LogP contribution in [-0.2, 0) is 32.7 Å². The predicted octanol–water partition coefficient (Wildman–Crippen LogP) is 11.4. The van der Waals surface area contributed by atoms with Crippen molar-refractivity contribution in [3.63, 3.8) is 0 Å². The lowest BCUT2D eigenvalue weighted by Crippen LogP contribution is -2.29. The molecule has 0 aromatic carbocycles. The highest BCUT2D eigenvalue weighted by Crippen LogP contribution is 2.43. The van der Waals surface area contributed by atoms with E-state index in [4.69, 9.17) is 24.3 Å². The molecule has 0 fully saturated rings. The van der Waals surface area contributed by atoms with E-state index in [1.165, 1.54) is 89.9 Å². The van der Waals surface area contributed by atoms with E-state index in [0.29, 0.717) is 6.42 Å². The Bertz CT molecular complexity index is 925. The minimum absolute atomic E-state index is 0.0503. The number of esters is 2. The molecule has 10 heteroatoms. The normalized spacial score (nSPS) is 13.5. The molecule has 3 N–H and O–H groups in total. The quantitative estimate of drug-likeness (QED) is 0.0273. The number of nitrogens with two attached hydrogens (primary N) is 1. The van der Waals surface area contributed by atoms with Crippen LogP contribution in [-0.4, -0.2) is 49.3 Å². The smallest absolute Gasteiger partial charge is 0.462 e. The Morgan fingerprint density at radius 3 is 1.63 bits per heavy atom. The number of unbranched alkanes of at least 4 members (excludes halogenated alkanes) is 21. The first-order chi connectivity index (χ1) is 24.8. The molecular weight excluding hydrogens is 665 g/mol. The van der Waals surface area contributed by atoms with Crippen molar-refractivity contribution in [2.24, 2.45) is 5.73 Å². The number of phosphoric ester groups is 1. The second kappa shape index (κ2) is 38.0. The summed E-state index contributed by atoms with van der Waals surface area (Å²) in [5.41, 5.74) is 5.34. The summed E-state index contributed by atoms with van der Waals surface area (Å²) in [6.07, 6.45) is 39.2. The fourth-order valence-electron chi connectivity index (χ4n) is 5.59. The summed E-state index contributed by atoms with van der Waals surface area (Å²) in [5, 5.41) is 0. The monoisotopic (exact) mass is 742 g/mol. The van der Waals surface area contributed by atoms with Crippen molar-refractivity contribution < 1.29 is 37.6 Å². The maximum atomic E-state index is 12.5. The molecule has 0 aromatic rings. The number of carbonyl (C=O) groups is 2. The zero-order valence-electron chi connectivity index (χ0n) is 32.4. The summed E-state index contributed by atoms with van der Waals surface area (Å²) in [6.45, 7) is 5.20. The predicted molar refractivity (Wildman–Crippen MR) is 210 cm³/mol. The molecule has 0 aliphatic carbocycles. The highest BCUT2D eigenvalue weighted by Gasteiger charge is 2.26. The molecule has 51 heavy (non-hydrogen) atoms. The number of allylic oxidation sites excluding steroid dienone is 5. The Hall–Kier alpha value is -1.77. The summed E-state index contributed by atoms with van der Waals surface area (Å²) in [4.78, 5) is 34.8. The van der Waals surface area contributed by atoms with Crippen LogP contribution in [0.2, 0.25) is 0 Å². The third-order valence-corrected chi connectivity index (χ3v) is 9.63. The molecular formula is C41H76NO8P. The Morgan fingerprint density at radius 1 is 0.647 bits per heavy atom. The van der Waals surface area contributed by atoms with Crippen LogP contribution < -0.4 is 5.73 Å². The number of carbonyl (C=O) groups excluding carboxylic acids is 2. The fourth-order valence-corrected chi connectivity index (χ4v) is 6.35. The first-order valence-corrected chi connectivity index (χ1v) is 21.9. The summed E-state index contributed by atoms with van der Waals surface area (Å²) in [7, 11) is -4.38. The lowest BCUT2D eigenvalue weighted by molar-refractivity contribution is -0.161. The van der Waals surface area contributed by atoms with Crippen LogP contribution in [0, 0.1) is 0 Å². The number of phosphoric acid groups is 1. The summed E-state index contributed by atoms with van der Waals surface area (Å²) in [6, 6.07) is 0. The van der Waals surface area contributed by atoms with E-state index in [1.54, 1.807) is 0 Å². The molecule has 0 aliphatic rings. The Morgan fingerprint density at radius 2 is 1.12 bits per heavy atom. The van der Waals surface area contributed by atoms with Crippen molar-refractivity contribution in [1.82, 2.24) is 0 Å². The van der Waals surface area contributed by atoms with Gasteiger partial charge in [-0.25, -0.2) is 4.57 Å². The number of ether oxygens (including phenoxy) is 2. The third-order valence-electron chi connectivity index (χ3n) is 8.64. The van der Waals surface area contributed by atoms with Gasteiger partial charge in [-0.3, -0.25) is 18.6 Å². The lowest BCUT2D eigenvalue weighted by Gasteiger charge is -2.19. The van der Waals surface area contributed by atoms with E-state index in [-0.39, 0.29) is 38.6 Å². The van der Waals surface area contributed by atoms with Crippen molar-refractivity contribution in [2.45, 2.75) is 186 Å². The Balaban J connectivity index is 4.19. The minimum Gasteiger partial charge on any atom is -0.462 e. The second-order valence-electron chi connectivity index (χ2n) is 13.6. The molecule has 0 heterocycles. The molecule has 9 nitrogen and oxygen atoms in total. The molecule has 0 rings (SSSR count). The summed E-state index contributed by atoms with van der Waals surface area (Å²) < 4.78 is 32.7. The van der Waals surface area contributed by atoms with Gasteiger partial charge in [0.05, 0.1) is 13.2 Å². The van der Waals surface area contributed by atoms with Gasteiger partial charge < -0.3 is 20.1 Å². The van der Waals surface area contributed by atoms with Crippen LogP contribution in [0.25, 0.3) is 0 Å². The minimum atomic E-state index is -4.38. The van der Waals surface area contributed by atoms with Gasteiger partial charge in [0.2, 0.25) is 0 Å². The number of hydrogen-bond donors (Lipinski definition) is 2. The van der Waals surface area contributed by atoms with Crippen LogP contribution >= 0.6 is 7.82 Å². The molecule has 0 aliphatic heterocycles. The van der Waals surface area contributed by atoms with E-state index >= 15 is 0 Å². The maximum Gasteiger partial charge on any atom is 0.472 e. The largest absolute Gasteiger partial charge is 0.472 e. The molecule has 0 radical (unpaired) electrons. The first kappa shape index (κ1) is 49.2. The van der Waals surface area contributed by atoms with Gasteiger partial charge in [-0.1, -0.05) is 140 Å². The lowest BCUT2D eigenvalue weighted by atomic mass is 10.0. The van der Waals surface area contributed by atoms with Gasteiger partial charge >= 0.3 is 19.8 Å². The van der Waals surface area contributed by atoms with Crippen molar-refractivity contribution in [2.75, 3.05) is 26.4 Å². The molecule has 0 aromatic heterocycles. The first-order valence-electron chi connectivity index (χ1n) is 20.4. The molecule has 298 valence electrons. The zero-order chi connectivity index (χ0) is 37.5. The van der Waals surface area contributed by atoms with Crippen LogP contribution in [0.15, 0.2) is 37.0 Å². The Kier molecular flexibility index (Phi) is 36.7. The van der Waals surface area contributed by atoms with Crippen LogP contribution in [0.1, 0.15) is 180 Å². The molecule has 1 unspecified atom stereocenters. The van der Waals surface area contributed by atoms with Crippen LogP contribution in [0.4, 0.5) is 0 Å². The van der Waals surface area contributed by atoms with Gasteiger partial charge in [-0.05, 0) is 57.8 Å². The average Bonchev–Trinajstić information content (AvgIpc) is 3.11. The highest BCUT2D eigenvalue weighted by atomic mass is 31.2. The van der Waals surface area contributed by atoms with Crippen LogP contribution in [0.5, 0.6) is 0 Å². The topological polar surface area (TPSA) is 134 Å². The van der Waals surface area contributed by atoms with Crippen molar-refractivity contribution >= 4 is 19.8 Å². The van der Waals surface area contributed by atoms with E-state index in [2.05, 4.69) is 37.8 Å². The SMILES string of the molecule is C=CCCCCCCCCCCCCCCCC(=O)OC[C@H](COP(=O)(O)OCCN)OC(=O)CCCCCCC/C=C/C/C=C/CCCCC. The second-order valence-corrected chi connectivity index (χ2v) is 15.0. The average molecular weight is 742 g/mol. The molecule has 0 saturated heterocycles. The molecule has 0 amide bonds. The zero-order valence-corrected chi connectivity index (χ0v) is 33.3. The molecule has 0 saturated carbocycles. The van der Waals surface area contributed by atoms with Gasteiger partial charge in [0.1, 0.15) is 6.61 Å². The van der Waals surface area contributed by atoms with Crippen LogP contribution in [0.3, 0.4) is 0 Å². The fraction of sp³-hybridized carbons (Fsp3) is 0.805. The molecule has 0 bridgehead atoms. The Labute approximate surface area is 312 Å². The summed E-state index contributed by atoms with van der Waals surface area (Å²) in [5.74, 6) is -0.846. The van der Waals surface area contributed by atoms with E-state index in [1.807, 2.05) is 6.08 Å². The van der Waals surface area contributed by atoms with Crippen molar-refractivity contribution in [3.8, 4) is 0 Å². The van der Waals surface area contributed by atoms with Gasteiger partial charge in [-0.2, -0.15) is 0 Å². The van der Waals surface area contributed by atoms with E-state index in [9.17, 15) is 19.0 Å². The van der Waals surface area contributed by atoms with Crippen molar-refractivity contribution in [1.29, 1.82) is 0 Å². The van der Waals surface area contributed by atoms with Gasteiger partial charge in [-0.15, -0.1) is 6.58 Å². The number of rotatable bonds is 39. The highest BCUT2D eigenvalue weighted by molar-refractivity contribution is 7.47. The maximum absolute atomic E-state index is 12.5. The third kappa shape index (κ3) is 37.8.